The zero-order valence-corrected chi connectivity index (χ0v) is 7.40. The van der Waals surface area contributed by atoms with Crippen molar-refractivity contribution < 1.29 is 23.0 Å². The molecule has 13 heavy (non-hydrogen) atoms. The quantitative estimate of drug-likeness (QED) is 0.745. The smallest absolute Gasteiger partial charge is 0.387 e. The summed E-state index contributed by atoms with van der Waals surface area (Å²) in [7, 11) is 0. The van der Waals surface area contributed by atoms with Crippen LogP contribution in [0.5, 0.6) is 0 Å². The monoisotopic (exact) mass is 198 g/mol. The lowest BCUT2D eigenvalue weighted by atomic mass is 10.2. The van der Waals surface area contributed by atoms with Crippen molar-refractivity contribution >= 4 is 0 Å². The molecule has 1 aliphatic carbocycles. The molecule has 0 aromatic carbocycles. The molecule has 2 unspecified atom stereocenters. The highest BCUT2D eigenvalue weighted by atomic mass is 19.4. The third-order valence-corrected chi connectivity index (χ3v) is 2.31. The summed E-state index contributed by atoms with van der Waals surface area (Å²) in [5.74, 6) is 0.112. The van der Waals surface area contributed by atoms with Crippen LogP contribution in [0, 0.1) is 5.92 Å². The van der Waals surface area contributed by atoms with E-state index in [1.807, 2.05) is 6.92 Å². The Labute approximate surface area is 74.7 Å². The second-order valence-corrected chi connectivity index (χ2v) is 3.52. The Morgan fingerprint density at radius 2 is 2.15 bits per heavy atom. The van der Waals surface area contributed by atoms with E-state index in [1.165, 1.54) is 0 Å². The maximum absolute atomic E-state index is 11.6. The van der Waals surface area contributed by atoms with Gasteiger partial charge in [0.25, 0.3) is 0 Å². The molecule has 2 atom stereocenters. The van der Waals surface area contributed by atoms with Crippen molar-refractivity contribution in [1.29, 1.82) is 0 Å². The molecular formula is C8H13F3O2. The lowest BCUT2D eigenvalue weighted by Crippen LogP contribution is -2.25. The summed E-state index contributed by atoms with van der Waals surface area (Å²) in [6.07, 6.45) is -2.96. The molecule has 5 heteroatoms. The van der Waals surface area contributed by atoms with Crippen LogP contribution in [0.15, 0.2) is 0 Å². The largest absolute Gasteiger partial charge is 0.411 e. The van der Waals surface area contributed by atoms with Crippen LogP contribution in [0.3, 0.4) is 0 Å². The van der Waals surface area contributed by atoms with Crippen molar-refractivity contribution in [3.05, 3.63) is 0 Å². The Balaban J connectivity index is 2.14. The Kier molecular flexibility index (Phi) is 2.87. The molecule has 78 valence electrons. The van der Waals surface area contributed by atoms with Crippen LogP contribution in [0.1, 0.15) is 19.8 Å². The SMILES string of the molecule is CCC1CC1(O)COCC(F)(F)F. The maximum Gasteiger partial charge on any atom is 0.411 e. The van der Waals surface area contributed by atoms with Gasteiger partial charge in [-0.3, -0.25) is 0 Å². The molecule has 0 spiro atoms. The number of hydrogen-bond acceptors (Lipinski definition) is 2. The van der Waals surface area contributed by atoms with Crippen molar-refractivity contribution in [2.75, 3.05) is 13.2 Å². The lowest BCUT2D eigenvalue weighted by molar-refractivity contribution is -0.181. The minimum atomic E-state index is -4.30. The number of ether oxygens (including phenoxy) is 1. The first-order valence-electron chi connectivity index (χ1n) is 4.24. The van der Waals surface area contributed by atoms with Crippen molar-refractivity contribution in [3.63, 3.8) is 0 Å². The molecule has 0 aliphatic heterocycles. The summed E-state index contributed by atoms with van der Waals surface area (Å²) in [6, 6.07) is 0. The van der Waals surface area contributed by atoms with E-state index in [4.69, 9.17) is 0 Å². The highest BCUT2D eigenvalue weighted by Crippen LogP contribution is 2.45. The van der Waals surface area contributed by atoms with Gasteiger partial charge in [0.05, 0.1) is 12.2 Å². The zero-order valence-electron chi connectivity index (χ0n) is 7.40. The van der Waals surface area contributed by atoms with Gasteiger partial charge in [0.2, 0.25) is 0 Å². The van der Waals surface area contributed by atoms with Crippen LogP contribution in [-0.4, -0.2) is 30.1 Å². The Morgan fingerprint density at radius 1 is 1.54 bits per heavy atom. The topological polar surface area (TPSA) is 29.5 Å². The van der Waals surface area contributed by atoms with Crippen LogP contribution < -0.4 is 0 Å². The summed E-state index contributed by atoms with van der Waals surface area (Å²) < 4.78 is 39.3. The molecular weight excluding hydrogens is 185 g/mol. The Hall–Kier alpha value is -0.290. The third kappa shape index (κ3) is 3.15. The van der Waals surface area contributed by atoms with E-state index < -0.39 is 18.4 Å². The fraction of sp³-hybridized carbons (Fsp3) is 1.00. The fourth-order valence-corrected chi connectivity index (χ4v) is 1.41. The van der Waals surface area contributed by atoms with Crippen LogP contribution in [0.4, 0.5) is 13.2 Å². The molecule has 0 aromatic heterocycles. The van der Waals surface area contributed by atoms with Gasteiger partial charge in [-0.1, -0.05) is 13.3 Å². The summed E-state index contributed by atoms with van der Waals surface area (Å²) in [5, 5.41) is 9.49. The number of alkyl halides is 3. The van der Waals surface area contributed by atoms with Gasteiger partial charge in [0.1, 0.15) is 6.61 Å². The molecule has 1 rings (SSSR count). The van der Waals surface area contributed by atoms with Gasteiger partial charge in [0, 0.05) is 0 Å². The Bertz CT molecular complexity index is 181. The predicted molar refractivity (Wildman–Crippen MR) is 40.2 cm³/mol. The van der Waals surface area contributed by atoms with E-state index in [0.29, 0.717) is 6.42 Å². The van der Waals surface area contributed by atoms with Crippen LogP contribution in [-0.2, 0) is 4.74 Å². The third-order valence-electron chi connectivity index (χ3n) is 2.31. The van der Waals surface area contributed by atoms with E-state index in [9.17, 15) is 18.3 Å². The predicted octanol–water partition coefficient (Wildman–Crippen LogP) is 1.73. The van der Waals surface area contributed by atoms with Crippen molar-refractivity contribution in [2.45, 2.75) is 31.5 Å². The first-order chi connectivity index (χ1) is 5.87. The molecule has 1 N–H and O–H groups in total. The zero-order chi connectivity index (χ0) is 10.1. The van der Waals surface area contributed by atoms with Gasteiger partial charge in [-0.25, -0.2) is 0 Å². The van der Waals surface area contributed by atoms with E-state index in [0.717, 1.165) is 6.42 Å². The minimum absolute atomic E-state index is 0.112. The molecule has 0 amide bonds. The average Bonchev–Trinajstić information content (AvgIpc) is 2.59. The summed E-state index contributed by atoms with van der Waals surface area (Å²) >= 11 is 0. The molecule has 1 aliphatic rings. The van der Waals surface area contributed by atoms with E-state index in [2.05, 4.69) is 4.74 Å². The molecule has 0 saturated heterocycles. The van der Waals surface area contributed by atoms with Gasteiger partial charge in [-0.2, -0.15) is 13.2 Å². The van der Waals surface area contributed by atoms with Crippen molar-refractivity contribution in [3.8, 4) is 0 Å². The van der Waals surface area contributed by atoms with Gasteiger partial charge < -0.3 is 9.84 Å². The molecule has 0 heterocycles. The van der Waals surface area contributed by atoms with E-state index in [1.54, 1.807) is 0 Å². The first kappa shape index (κ1) is 10.8. The van der Waals surface area contributed by atoms with Crippen molar-refractivity contribution in [2.24, 2.45) is 5.92 Å². The molecule has 1 fully saturated rings. The number of halogens is 3. The maximum atomic E-state index is 11.6. The van der Waals surface area contributed by atoms with Crippen LogP contribution in [0.2, 0.25) is 0 Å². The summed E-state index contributed by atoms with van der Waals surface area (Å²) in [4.78, 5) is 0. The van der Waals surface area contributed by atoms with Gasteiger partial charge in [0.15, 0.2) is 0 Å². The summed E-state index contributed by atoms with van der Waals surface area (Å²) in [6.45, 7) is 0.420. The minimum Gasteiger partial charge on any atom is -0.387 e. The Morgan fingerprint density at radius 3 is 2.54 bits per heavy atom. The summed E-state index contributed by atoms with van der Waals surface area (Å²) in [5.41, 5.74) is -0.986. The second-order valence-electron chi connectivity index (χ2n) is 3.52. The highest BCUT2D eigenvalue weighted by molar-refractivity contribution is 5.02. The van der Waals surface area contributed by atoms with Gasteiger partial charge >= 0.3 is 6.18 Å². The molecule has 0 bridgehead atoms. The highest BCUT2D eigenvalue weighted by Gasteiger charge is 2.52. The number of rotatable bonds is 4. The average molecular weight is 198 g/mol. The van der Waals surface area contributed by atoms with Crippen LogP contribution in [0.25, 0.3) is 0 Å². The van der Waals surface area contributed by atoms with E-state index >= 15 is 0 Å². The van der Waals surface area contributed by atoms with E-state index in [-0.39, 0.29) is 12.5 Å². The normalized spacial score (nSPS) is 33.5. The number of aliphatic hydroxyl groups is 1. The van der Waals surface area contributed by atoms with Crippen molar-refractivity contribution in [1.82, 2.24) is 0 Å². The molecule has 2 nitrogen and oxygen atoms in total. The van der Waals surface area contributed by atoms with Crippen LogP contribution >= 0.6 is 0 Å². The second kappa shape index (κ2) is 3.46. The first-order valence-corrected chi connectivity index (χ1v) is 4.24. The van der Waals surface area contributed by atoms with Gasteiger partial charge in [-0.15, -0.1) is 0 Å². The standard InChI is InChI=1S/C8H13F3O2/c1-2-6-3-7(6,12)4-13-5-8(9,10)11/h6,12H,2-5H2,1H3. The fourth-order valence-electron chi connectivity index (χ4n) is 1.41. The van der Waals surface area contributed by atoms with Gasteiger partial charge in [-0.05, 0) is 12.3 Å². The molecule has 0 radical (unpaired) electrons. The molecule has 1 saturated carbocycles. The number of hydrogen-bond donors (Lipinski definition) is 1. The lowest BCUT2D eigenvalue weighted by Gasteiger charge is -2.12. The molecule has 0 aromatic rings.